The first-order chi connectivity index (χ1) is 8.78. The van der Waals surface area contributed by atoms with Crippen molar-refractivity contribution in [2.45, 2.75) is 19.3 Å². The number of pyridine rings is 1. The number of rotatable bonds is 4. The van der Waals surface area contributed by atoms with Gasteiger partial charge in [0.2, 0.25) is 0 Å². The summed E-state index contributed by atoms with van der Waals surface area (Å²) in [6.07, 6.45) is 5.49. The fourth-order valence-corrected chi connectivity index (χ4v) is 2.37. The Morgan fingerprint density at radius 2 is 2.28 bits per heavy atom. The average molecular weight is 244 g/mol. The number of nitriles is 1. The third-order valence-corrected chi connectivity index (χ3v) is 3.59. The number of nitrogens with one attached hydrogen (secondary N) is 1. The maximum Gasteiger partial charge on any atom is 0.142 e. The van der Waals surface area contributed by atoms with Crippen LogP contribution in [0.2, 0.25) is 0 Å². The summed E-state index contributed by atoms with van der Waals surface area (Å²) in [5.41, 5.74) is 1.47. The normalized spacial score (nSPS) is 17.3. The van der Waals surface area contributed by atoms with Gasteiger partial charge in [-0.2, -0.15) is 5.26 Å². The van der Waals surface area contributed by atoms with Gasteiger partial charge < -0.3 is 10.2 Å². The van der Waals surface area contributed by atoms with E-state index in [0.29, 0.717) is 5.69 Å². The molecule has 4 heteroatoms. The van der Waals surface area contributed by atoms with Crippen LogP contribution in [0.3, 0.4) is 0 Å². The highest BCUT2D eigenvalue weighted by atomic mass is 15.1. The summed E-state index contributed by atoms with van der Waals surface area (Å²) in [5, 5.41) is 12.1. The van der Waals surface area contributed by atoms with Gasteiger partial charge >= 0.3 is 0 Å². The fourth-order valence-electron chi connectivity index (χ4n) is 2.37. The number of piperidine rings is 1. The lowest BCUT2D eigenvalue weighted by Crippen LogP contribution is -2.30. The predicted octanol–water partition coefficient (Wildman–Crippen LogP) is 2.10. The molecule has 1 aliphatic heterocycles. The molecular weight excluding hydrogens is 224 g/mol. The summed E-state index contributed by atoms with van der Waals surface area (Å²) < 4.78 is 0. The Bertz CT molecular complexity index is 416. The summed E-state index contributed by atoms with van der Waals surface area (Å²) in [5.74, 6) is 0.839. The number of likely N-dealkylation sites (tertiary alicyclic amines) is 1. The molecule has 0 amide bonds. The first-order valence-corrected chi connectivity index (χ1v) is 6.56. The molecule has 1 fully saturated rings. The molecule has 96 valence electrons. The number of nitrogens with zero attached hydrogens (tertiary/aromatic N) is 3. The van der Waals surface area contributed by atoms with E-state index < -0.39 is 0 Å². The van der Waals surface area contributed by atoms with Crippen molar-refractivity contribution in [3.63, 3.8) is 0 Å². The summed E-state index contributed by atoms with van der Waals surface area (Å²) in [6, 6.07) is 5.77. The molecule has 18 heavy (non-hydrogen) atoms. The summed E-state index contributed by atoms with van der Waals surface area (Å²) >= 11 is 0. The van der Waals surface area contributed by atoms with Crippen LogP contribution < -0.4 is 5.32 Å². The van der Waals surface area contributed by atoms with Crippen LogP contribution in [0.25, 0.3) is 0 Å². The van der Waals surface area contributed by atoms with Crippen LogP contribution in [0.4, 0.5) is 5.69 Å². The lowest BCUT2D eigenvalue weighted by molar-refractivity contribution is 0.215. The molecule has 0 spiro atoms. The molecule has 1 N–H and O–H groups in total. The van der Waals surface area contributed by atoms with Crippen LogP contribution in [0.5, 0.6) is 0 Å². The second-order valence-electron chi connectivity index (χ2n) is 5.00. The highest BCUT2D eigenvalue weighted by Gasteiger charge is 2.15. The van der Waals surface area contributed by atoms with E-state index in [1.165, 1.54) is 32.4 Å². The molecule has 1 aromatic heterocycles. The number of hydrogen-bond donors (Lipinski definition) is 1. The van der Waals surface area contributed by atoms with Crippen LogP contribution in [-0.4, -0.2) is 36.6 Å². The zero-order valence-corrected chi connectivity index (χ0v) is 10.9. The molecule has 0 saturated carbocycles. The highest BCUT2D eigenvalue weighted by Crippen LogP contribution is 2.19. The third kappa shape index (κ3) is 3.71. The van der Waals surface area contributed by atoms with Gasteiger partial charge in [-0.3, -0.25) is 0 Å². The number of anilines is 1. The summed E-state index contributed by atoms with van der Waals surface area (Å²) in [4.78, 5) is 6.35. The third-order valence-electron chi connectivity index (χ3n) is 3.59. The van der Waals surface area contributed by atoms with Crippen LogP contribution in [0.15, 0.2) is 18.3 Å². The SMILES string of the molecule is CN1CCC(CCNc2ccnc(C#N)c2)CC1. The number of aromatic nitrogens is 1. The lowest BCUT2D eigenvalue weighted by Gasteiger charge is -2.28. The van der Waals surface area contributed by atoms with Crippen LogP contribution in [-0.2, 0) is 0 Å². The quantitative estimate of drug-likeness (QED) is 0.881. The molecule has 4 nitrogen and oxygen atoms in total. The molecule has 0 atom stereocenters. The largest absolute Gasteiger partial charge is 0.385 e. The van der Waals surface area contributed by atoms with Gasteiger partial charge in [-0.15, -0.1) is 0 Å². The molecular formula is C14H20N4. The first kappa shape index (κ1) is 12.8. The minimum atomic E-state index is 0.472. The summed E-state index contributed by atoms with van der Waals surface area (Å²) in [6.45, 7) is 3.42. The van der Waals surface area contributed by atoms with Gasteiger partial charge in [0.25, 0.3) is 0 Å². The van der Waals surface area contributed by atoms with Crippen molar-refractivity contribution in [1.29, 1.82) is 5.26 Å². The van der Waals surface area contributed by atoms with E-state index in [2.05, 4.69) is 28.3 Å². The smallest absolute Gasteiger partial charge is 0.142 e. The second kappa shape index (κ2) is 6.36. The molecule has 1 aliphatic rings. The highest BCUT2D eigenvalue weighted by molar-refractivity contribution is 5.45. The monoisotopic (exact) mass is 244 g/mol. The van der Waals surface area contributed by atoms with Gasteiger partial charge in [-0.05, 0) is 57.5 Å². The maximum atomic E-state index is 8.77. The zero-order chi connectivity index (χ0) is 12.8. The minimum absolute atomic E-state index is 0.472. The van der Waals surface area contributed by atoms with E-state index in [1.54, 1.807) is 12.3 Å². The molecule has 0 aromatic carbocycles. The molecule has 0 bridgehead atoms. The summed E-state index contributed by atoms with van der Waals surface area (Å²) in [7, 11) is 2.19. The topological polar surface area (TPSA) is 52.0 Å². The van der Waals surface area contributed by atoms with Crippen LogP contribution in [0.1, 0.15) is 25.0 Å². The van der Waals surface area contributed by atoms with Gasteiger partial charge in [0.1, 0.15) is 11.8 Å². The van der Waals surface area contributed by atoms with E-state index in [9.17, 15) is 0 Å². The van der Waals surface area contributed by atoms with E-state index in [4.69, 9.17) is 5.26 Å². The average Bonchev–Trinajstić information content (AvgIpc) is 2.41. The first-order valence-electron chi connectivity index (χ1n) is 6.56. The predicted molar refractivity (Wildman–Crippen MR) is 72.3 cm³/mol. The molecule has 1 aromatic rings. The Morgan fingerprint density at radius 1 is 1.50 bits per heavy atom. The van der Waals surface area contributed by atoms with Gasteiger partial charge in [-0.1, -0.05) is 0 Å². The van der Waals surface area contributed by atoms with E-state index in [1.807, 2.05) is 6.07 Å². The van der Waals surface area contributed by atoms with Crippen LogP contribution in [0, 0.1) is 17.2 Å². The van der Waals surface area contributed by atoms with E-state index in [0.717, 1.165) is 18.2 Å². The van der Waals surface area contributed by atoms with E-state index in [-0.39, 0.29) is 0 Å². The molecule has 2 rings (SSSR count). The molecule has 1 saturated heterocycles. The standard InChI is InChI=1S/C14H20N4/c1-18-8-4-12(5-9-18)2-6-16-13-3-7-17-14(10-13)11-15/h3,7,10,12H,2,4-6,8-9H2,1H3,(H,16,17). The lowest BCUT2D eigenvalue weighted by atomic mass is 9.94. The maximum absolute atomic E-state index is 8.77. The van der Waals surface area contributed by atoms with Gasteiger partial charge in [0.15, 0.2) is 0 Å². The number of hydrogen-bond acceptors (Lipinski definition) is 4. The Labute approximate surface area is 109 Å². The Kier molecular flexibility index (Phi) is 4.54. The molecule has 0 unspecified atom stereocenters. The second-order valence-corrected chi connectivity index (χ2v) is 5.00. The Balaban J connectivity index is 1.73. The van der Waals surface area contributed by atoms with Gasteiger partial charge in [-0.25, -0.2) is 4.98 Å². The van der Waals surface area contributed by atoms with Crippen molar-refractivity contribution in [2.75, 3.05) is 32.0 Å². The molecule has 2 heterocycles. The molecule has 0 radical (unpaired) electrons. The van der Waals surface area contributed by atoms with Crippen molar-refractivity contribution >= 4 is 5.69 Å². The van der Waals surface area contributed by atoms with Crippen molar-refractivity contribution in [3.8, 4) is 6.07 Å². The van der Waals surface area contributed by atoms with Gasteiger partial charge in [0, 0.05) is 18.4 Å². The van der Waals surface area contributed by atoms with Crippen molar-refractivity contribution in [1.82, 2.24) is 9.88 Å². The Hall–Kier alpha value is -1.60. The van der Waals surface area contributed by atoms with Crippen molar-refractivity contribution in [3.05, 3.63) is 24.0 Å². The van der Waals surface area contributed by atoms with Gasteiger partial charge in [0.05, 0.1) is 0 Å². The Morgan fingerprint density at radius 3 is 3.00 bits per heavy atom. The zero-order valence-electron chi connectivity index (χ0n) is 10.9. The van der Waals surface area contributed by atoms with Crippen molar-refractivity contribution in [2.24, 2.45) is 5.92 Å². The van der Waals surface area contributed by atoms with Crippen LogP contribution >= 0.6 is 0 Å². The van der Waals surface area contributed by atoms with Crippen molar-refractivity contribution < 1.29 is 0 Å². The van der Waals surface area contributed by atoms with E-state index >= 15 is 0 Å². The fraction of sp³-hybridized carbons (Fsp3) is 0.571. The minimum Gasteiger partial charge on any atom is -0.385 e. The molecule has 0 aliphatic carbocycles.